The molecule has 1 saturated heterocycles. The van der Waals surface area contributed by atoms with E-state index in [1.807, 2.05) is 0 Å². The zero-order chi connectivity index (χ0) is 15.3. The topological polar surface area (TPSA) is 121 Å². The van der Waals surface area contributed by atoms with Gasteiger partial charge >= 0.3 is 0 Å². The van der Waals surface area contributed by atoms with E-state index in [9.17, 15) is 10.2 Å². The van der Waals surface area contributed by atoms with Crippen LogP contribution in [0.2, 0.25) is 0 Å². The highest BCUT2D eigenvalue weighted by Crippen LogP contribution is 2.29. The number of aliphatic hydroxyl groups is 3. The summed E-state index contributed by atoms with van der Waals surface area (Å²) >= 11 is 0. The maximum absolute atomic E-state index is 10.1. The summed E-state index contributed by atoms with van der Waals surface area (Å²) in [5, 5.41) is 39.1. The van der Waals surface area contributed by atoms with Crippen molar-refractivity contribution in [1.82, 2.24) is 10.2 Å². The Labute approximate surface area is 117 Å². The maximum atomic E-state index is 10.1. The summed E-state index contributed by atoms with van der Waals surface area (Å²) in [5.74, 6) is 0.0168. The number of nitrogens with one attached hydrogen (secondary N) is 2. The minimum absolute atomic E-state index is 0.0168. The second kappa shape index (κ2) is 6.80. The predicted molar refractivity (Wildman–Crippen MR) is 74.6 cm³/mol. The molecule has 1 unspecified atom stereocenters. The number of aliphatic hydroxyl groups excluding tert-OH is 2. The molecule has 8 heteroatoms. The van der Waals surface area contributed by atoms with E-state index in [1.54, 1.807) is 19.0 Å². The van der Waals surface area contributed by atoms with Gasteiger partial charge in [0.25, 0.3) is 0 Å². The van der Waals surface area contributed by atoms with Crippen LogP contribution in [0.4, 0.5) is 0 Å². The average Bonchev–Trinajstić information content (AvgIpc) is 2.59. The van der Waals surface area contributed by atoms with Gasteiger partial charge in [0, 0.05) is 20.3 Å². The third kappa shape index (κ3) is 4.01. The van der Waals surface area contributed by atoms with Gasteiger partial charge < -0.3 is 30.3 Å². The Hall–Kier alpha value is -1.48. The minimum atomic E-state index is -1.53. The van der Waals surface area contributed by atoms with Crippen molar-refractivity contribution in [1.29, 1.82) is 5.41 Å². The molecule has 4 atom stereocenters. The smallest absolute Gasteiger partial charge is 0.159 e. The average molecular weight is 286 g/mol. The normalized spacial score (nSPS) is 34.0. The second-order valence-corrected chi connectivity index (χ2v) is 5.00. The van der Waals surface area contributed by atoms with E-state index < -0.39 is 24.0 Å². The van der Waals surface area contributed by atoms with Crippen LogP contribution < -0.4 is 5.32 Å². The number of amidine groups is 1. The fraction of sp³-hybridized carbons (Fsp3) is 0.667. The molecule has 1 heterocycles. The summed E-state index contributed by atoms with van der Waals surface area (Å²) in [6.07, 6.45) is 1.36. The van der Waals surface area contributed by atoms with Gasteiger partial charge in [-0.25, -0.2) is 4.99 Å². The van der Waals surface area contributed by atoms with Crippen molar-refractivity contribution in [2.45, 2.75) is 31.0 Å². The van der Waals surface area contributed by atoms with Gasteiger partial charge in [0.2, 0.25) is 0 Å². The van der Waals surface area contributed by atoms with Gasteiger partial charge in [0.1, 0.15) is 23.6 Å². The van der Waals surface area contributed by atoms with Crippen molar-refractivity contribution in [3.05, 3.63) is 12.3 Å². The molecule has 1 rings (SSSR count). The fourth-order valence-corrected chi connectivity index (χ4v) is 1.70. The third-order valence-electron chi connectivity index (χ3n) is 2.89. The molecule has 114 valence electrons. The van der Waals surface area contributed by atoms with Crippen molar-refractivity contribution < 1.29 is 20.1 Å². The number of hydrogen-bond acceptors (Lipinski definition) is 6. The van der Waals surface area contributed by atoms with Crippen molar-refractivity contribution in [2.75, 3.05) is 20.7 Å². The molecular weight excluding hydrogens is 264 g/mol. The van der Waals surface area contributed by atoms with Crippen LogP contribution in [0.3, 0.4) is 0 Å². The molecule has 0 aromatic heterocycles. The van der Waals surface area contributed by atoms with Crippen molar-refractivity contribution in [3.63, 3.8) is 0 Å². The van der Waals surface area contributed by atoms with E-state index in [4.69, 9.17) is 15.3 Å². The molecule has 0 aromatic carbocycles. The lowest BCUT2D eigenvalue weighted by Gasteiger charge is -2.26. The number of rotatable bonds is 5. The molecule has 0 saturated carbocycles. The lowest BCUT2D eigenvalue weighted by molar-refractivity contribution is -0.0702. The molecular formula is C12H22N4O4. The van der Waals surface area contributed by atoms with Crippen LogP contribution in [0.5, 0.6) is 0 Å². The first-order valence-corrected chi connectivity index (χ1v) is 6.17. The zero-order valence-corrected chi connectivity index (χ0v) is 11.8. The van der Waals surface area contributed by atoms with Gasteiger partial charge in [0.05, 0.1) is 12.9 Å². The Morgan fingerprint density at radius 1 is 1.55 bits per heavy atom. The third-order valence-corrected chi connectivity index (χ3v) is 2.89. The van der Waals surface area contributed by atoms with Crippen LogP contribution in [0.25, 0.3) is 0 Å². The summed E-state index contributed by atoms with van der Waals surface area (Å²) in [4.78, 5) is 5.53. The van der Waals surface area contributed by atoms with Crippen LogP contribution in [-0.2, 0) is 4.74 Å². The summed E-state index contributed by atoms with van der Waals surface area (Å²) in [6, 6.07) is 0. The van der Waals surface area contributed by atoms with Gasteiger partial charge in [-0.15, -0.1) is 0 Å². The highest BCUT2D eigenvalue weighted by Gasteiger charge is 2.51. The standard InChI is InChI=1S/C12H22N4O4/c1-12(19)10(18)8(6-17)20-11(12)14-5-4-9(13)15-7-16(2)3/h4-5,7-8,10-11,13-14,17-19H,6H2,1-3H3/b5-4-,13-9?,15-7-/t8-,10?,11-,12+/m1/s1. The van der Waals surface area contributed by atoms with Gasteiger partial charge in [-0.1, -0.05) is 0 Å². The van der Waals surface area contributed by atoms with Crippen LogP contribution in [0, 0.1) is 5.41 Å². The summed E-state index contributed by atoms with van der Waals surface area (Å²) < 4.78 is 5.29. The molecule has 0 spiro atoms. The highest BCUT2D eigenvalue weighted by atomic mass is 16.6. The molecule has 0 aromatic rings. The molecule has 0 radical (unpaired) electrons. The predicted octanol–water partition coefficient (Wildman–Crippen LogP) is -1.51. The first kappa shape index (κ1) is 16.6. The molecule has 20 heavy (non-hydrogen) atoms. The zero-order valence-electron chi connectivity index (χ0n) is 11.8. The van der Waals surface area contributed by atoms with E-state index in [0.29, 0.717) is 0 Å². The van der Waals surface area contributed by atoms with Gasteiger partial charge in [-0.3, -0.25) is 5.41 Å². The summed E-state index contributed by atoms with van der Waals surface area (Å²) in [5.41, 5.74) is -1.53. The molecule has 1 fully saturated rings. The number of hydrogen-bond donors (Lipinski definition) is 5. The van der Waals surface area contributed by atoms with Gasteiger partial charge in [0.15, 0.2) is 6.23 Å². The Morgan fingerprint density at radius 2 is 2.20 bits per heavy atom. The highest BCUT2D eigenvalue weighted by molar-refractivity contribution is 5.95. The van der Waals surface area contributed by atoms with Gasteiger partial charge in [-0.05, 0) is 13.0 Å². The Balaban J connectivity index is 2.55. The largest absolute Gasteiger partial charge is 0.394 e. The molecule has 0 amide bonds. The SMILES string of the molecule is CN(C)/C=N\C(=N)/C=C\N[C@@H]1O[C@H](CO)C(O)[C@]1(C)O. The van der Waals surface area contributed by atoms with Crippen LogP contribution in [0.15, 0.2) is 17.3 Å². The lowest BCUT2D eigenvalue weighted by atomic mass is 9.97. The summed E-state index contributed by atoms with van der Waals surface area (Å²) in [7, 11) is 3.58. The van der Waals surface area contributed by atoms with Crippen molar-refractivity contribution in [2.24, 2.45) is 4.99 Å². The first-order valence-electron chi connectivity index (χ1n) is 6.17. The number of ether oxygens (including phenoxy) is 1. The van der Waals surface area contributed by atoms with E-state index in [-0.39, 0.29) is 12.4 Å². The molecule has 0 bridgehead atoms. The quantitative estimate of drug-likeness (QED) is 0.309. The second-order valence-electron chi connectivity index (χ2n) is 5.00. The van der Waals surface area contributed by atoms with Crippen LogP contribution in [-0.4, -0.2) is 77.1 Å². The van der Waals surface area contributed by atoms with Crippen molar-refractivity contribution >= 4 is 12.2 Å². The van der Waals surface area contributed by atoms with E-state index in [2.05, 4.69) is 10.3 Å². The van der Waals surface area contributed by atoms with E-state index in [1.165, 1.54) is 25.5 Å². The number of aliphatic imine (C=N–C) groups is 1. The molecule has 8 nitrogen and oxygen atoms in total. The first-order chi connectivity index (χ1) is 9.28. The minimum Gasteiger partial charge on any atom is -0.394 e. The van der Waals surface area contributed by atoms with E-state index >= 15 is 0 Å². The molecule has 5 N–H and O–H groups in total. The fourth-order valence-electron chi connectivity index (χ4n) is 1.70. The van der Waals surface area contributed by atoms with Crippen molar-refractivity contribution in [3.8, 4) is 0 Å². The maximum Gasteiger partial charge on any atom is 0.159 e. The van der Waals surface area contributed by atoms with Gasteiger partial charge in [-0.2, -0.15) is 0 Å². The summed E-state index contributed by atoms with van der Waals surface area (Å²) in [6.45, 7) is 1.02. The molecule has 1 aliphatic rings. The molecule has 1 aliphatic heterocycles. The van der Waals surface area contributed by atoms with E-state index in [0.717, 1.165) is 0 Å². The Kier molecular flexibility index (Phi) is 5.63. The monoisotopic (exact) mass is 286 g/mol. The Bertz CT molecular complexity index is 395. The number of nitrogens with zero attached hydrogens (tertiary/aromatic N) is 2. The van der Waals surface area contributed by atoms with Crippen LogP contribution in [0.1, 0.15) is 6.92 Å². The molecule has 0 aliphatic carbocycles. The van der Waals surface area contributed by atoms with Crippen LogP contribution >= 0.6 is 0 Å². The lowest BCUT2D eigenvalue weighted by Crippen LogP contribution is -2.50. The Morgan fingerprint density at radius 3 is 2.70 bits per heavy atom.